The van der Waals surface area contributed by atoms with Gasteiger partial charge in [0.1, 0.15) is 10.8 Å². The molecule has 0 aliphatic carbocycles. The second kappa shape index (κ2) is 10.4. The third-order valence-corrected chi connectivity index (χ3v) is 7.90. The van der Waals surface area contributed by atoms with Crippen molar-refractivity contribution in [2.45, 2.75) is 24.1 Å². The Bertz CT molecular complexity index is 1220. The first-order valence-corrected chi connectivity index (χ1v) is 12.7. The first-order valence-electron chi connectivity index (χ1n) is 9.64. The molecule has 3 N–H and O–H groups in total. The molecule has 0 radical (unpaired) electrons. The second-order valence-electron chi connectivity index (χ2n) is 6.72. The molecule has 0 saturated carbocycles. The Morgan fingerprint density at radius 3 is 2.55 bits per heavy atom. The van der Waals surface area contributed by atoms with Gasteiger partial charge < -0.3 is 20.1 Å². The van der Waals surface area contributed by atoms with Crippen molar-refractivity contribution in [3.05, 3.63) is 57.0 Å². The Hall–Kier alpha value is -2.90. The van der Waals surface area contributed by atoms with Crippen molar-refractivity contribution in [3.8, 4) is 0 Å². The molecule has 2 aromatic rings. The number of hydrogen-bond acceptors (Lipinski definition) is 8. The molecule has 2 heterocycles. The number of esters is 2. The van der Waals surface area contributed by atoms with Crippen LogP contribution >= 0.6 is 27.3 Å². The zero-order valence-electron chi connectivity index (χ0n) is 17.5. The fourth-order valence-corrected chi connectivity index (χ4v) is 6.09. The number of benzene rings is 1. The van der Waals surface area contributed by atoms with Gasteiger partial charge in [-0.1, -0.05) is 12.1 Å². The fourth-order valence-electron chi connectivity index (χ4n) is 3.00. The van der Waals surface area contributed by atoms with Crippen LogP contribution < -0.4 is 15.4 Å². The van der Waals surface area contributed by atoms with Gasteiger partial charge in [-0.3, -0.25) is 4.72 Å². The molecular weight excluding hydrogens is 538 g/mol. The number of ether oxygens (including phenoxy) is 2. The van der Waals surface area contributed by atoms with Crippen LogP contribution in [0.4, 0.5) is 10.5 Å². The standard InChI is InChI=1S/C20H20BrN3O7S2/c1-3-30-19(26)17-11(2)22-20(27)23-14(17)10-31-18(25)12-6-4-5-7-13(12)24-33(28,29)16-9-8-15(21)32-16/h4-9,11,24H,3,10H2,1-2H3,(H2,22,23,27)/t11-/m1/s1. The van der Waals surface area contributed by atoms with Gasteiger partial charge in [0, 0.05) is 0 Å². The summed E-state index contributed by atoms with van der Waals surface area (Å²) in [6, 6.07) is 7.75. The molecular formula is C20H20BrN3O7S2. The summed E-state index contributed by atoms with van der Waals surface area (Å²) in [7, 11) is -3.93. The SMILES string of the molecule is CCOC(=O)C1=C(COC(=O)c2ccccc2NS(=O)(=O)c2ccc(Br)s2)NC(=O)N[C@@H]1C. The van der Waals surface area contributed by atoms with Gasteiger partial charge in [-0.15, -0.1) is 11.3 Å². The van der Waals surface area contributed by atoms with Crippen molar-refractivity contribution < 1.29 is 32.3 Å². The highest BCUT2D eigenvalue weighted by Gasteiger charge is 2.30. The van der Waals surface area contributed by atoms with Crippen LogP contribution in [0, 0.1) is 0 Å². The Labute approximate surface area is 202 Å². The number of hydrogen-bond donors (Lipinski definition) is 3. The Morgan fingerprint density at radius 1 is 1.15 bits per heavy atom. The fraction of sp³-hybridized carbons (Fsp3) is 0.250. The van der Waals surface area contributed by atoms with Crippen LogP contribution in [0.2, 0.25) is 0 Å². The number of carbonyl (C=O) groups excluding carboxylic acids is 3. The lowest BCUT2D eigenvalue weighted by atomic mass is 10.0. The van der Waals surface area contributed by atoms with Crippen molar-refractivity contribution in [3.63, 3.8) is 0 Å². The number of sulfonamides is 1. The summed E-state index contributed by atoms with van der Waals surface area (Å²) in [5, 5.41) is 5.00. The predicted octanol–water partition coefficient (Wildman–Crippen LogP) is 2.99. The Balaban J connectivity index is 1.81. The van der Waals surface area contributed by atoms with Crippen LogP contribution in [0.25, 0.3) is 0 Å². The van der Waals surface area contributed by atoms with E-state index in [9.17, 15) is 22.8 Å². The minimum Gasteiger partial charge on any atom is -0.463 e. The van der Waals surface area contributed by atoms with Crippen molar-refractivity contribution in [1.82, 2.24) is 10.6 Å². The van der Waals surface area contributed by atoms with E-state index in [0.717, 1.165) is 11.3 Å². The summed E-state index contributed by atoms with van der Waals surface area (Å²) >= 11 is 4.24. The smallest absolute Gasteiger partial charge is 0.340 e. The molecule has 0 fully saturated rings. The van der Waals surface area contributed by atoms with E-state index >= 15 is 0 Å². The van der Waals surface area contributed by atoms with E-state index in [1.165, 1.54) is 18.2 Å². The number of thiophene rings is 1. The van der Waals surface area contributed by atoms with Crippen molar-refractivity contribution in [2.24, 2.45) is 0 Å². The average Bonchev–Trinajstić information content (AvgIpc) is 3.19. The summed E-state index contributed by atoms with van der Waals surface area (Å²) in [5.41, 5.74) is 0.193. The number of rotatable bonds is 8. The Morgan fingerprint density at radius 2 is 1.88 bits per heavy atom. The number of amides is 2. The molecule has 0 bridgehead atoms. The average molecular weight is 558 g/mol. The monoisotopic (exact) mass is 557 g/mol. The highest BCUT2D eigenvalue weighted by Crippen LogP contribution is 2.28. The van der Waals surface area contributed by atoms with E-state index in [4.69, 9.17) is 9.47 Å². The van der Waals surface area contributed by atoms with Gasteiger partial charge in [-0.05, 0) is 54.0 Å². The van der Waals surface area contributed by atoms with E-state index < -0.39 is 40.6 Å². The van der Waals surface area contributed by atoms with E-state index in [0.29, 0.717) is 3.79 Å². The molecule has 1 atom stereocenters. The number of carbonyl (C=O) groups is 3. The molecule has 0 saturated heterocycles. The predicted molar refractivity (Wildman–Crippen MR) is 124 cm³/mol. The summed E-state index contributed by atoms with van der Waals surface area (Å²) in [6.07, 6.45) is 0. The van der Waals surface area contributed by atoms with Gasteiger partial charge in [0.05, 0.1) is 39.0 Å². The molecule has 10 nitrogen and oxygen atoms in total. The molecule has 176 valence electrons. The van der Waals surface area contributed by atoms with Gasteiger partial charge in [-0.2, -0.15) is 0 Å². The summed E-state index contributed by atoms with van der Waals surface area (Å²) in [5.74, 6) is -1.50. The summed E-state index contributed by atoms with van der Waals surface area (Å²) < 4.78 is 38.7. The molecule has 1 aliphatic heterocycles. The minimum absolute atomic E-state index is 0.0225. The van der Waals surface area contributed by atoms with Crippen molar-refractivity contribution >= 4 is 60.9 Å². The topological polar surface area (TPSA) is 140 Å². The third-order valence-electron chi connectivity index (χ3n) is 4.42. The van der Waals surface area contributed by atoms with Crippen LogP contribution in [-0.4, -0.2) is 45.6 Å². The molecule has 2 amide bonds. The number of nitrogens with one attached hydrogen (secondary N) is 3. The van der Waals surface area contributed by atoms with Crippen LogP contribution in [0.5, 0.6) is 0 Å². The maximum absolute atomic E-state index is 12.8. The van der Waals surface area contributed by atoms with E-state index in [1.54, 1.807) is 32.0 Å². The largest absolute Gasteiger partial charge is 0.463 e. The first kappa shape index (κ1) is 24.7. The first-order chi connectivity index (χ1) is 15.6. The molecule has 0 unspecified atom stereocenters. The van der Waals surface area contributed by atoms with E-state index in [2.05, 4.69) is 31.3 Å². The number of halogens is 1. The lowest BCUT2D eigenvalue weighted by Crippen LogP contribution is -2.50. The van der Waals surface area contributed by atoms with Crippen molar-refractivity contribution in [1.29, 1.82) is 0 Å². The van der Waals surface area contributed by atoms with Crippen molar-refractivity contribution in [2.75, 3.05) is 17.9 Å². The van der Waals surface area contributed by atoms with Gasteiger partial charge in [-0.25, -0.2) is 22.8 Å². The van der Waals surface area contributed by atoms with Crippen LogP contribution in [0.3, 0.4) is 0 Å². The van der Waals surface area contributed by atoms with Gasteiger partial charge in [0.15, 0.2) is 0 Å². The van der Waals surface area contributed by atoms with Crippen LogP contribution in [0.15, 0.2) is 55.7 Å². The lowest BCUT2D eigenvalue weighted by molar-refractivity contribution is -0.139. The highest BCUT2D eigenvalue weighted by atomic mass is 79.9. The van der Waals surface area contributed by atoms with Crippen LogP contribution in [-0.2, 0) is 24.3 Å². The molecule has 0 spiro atoms. The Kier molecular flexibility index (Phi) is 7.76. The third kappa shape index (κ3) is 5.92. The van der Waals surface area contributed by atoms with Crippen LogP contribution in [0.1, 0.15) is 24.2 Å². The van der Waals surface area contributed by atoms with Gasteiger partial charge >= 0.3 is 18.0 Å². The second-order valence-corrected chi connectivity index (χ2v) is 11.1. The number of urea groups is 1. The number of anilines is 1. The zero-order chi connectivity index (χ0) is 24.2. The maximum Gasteiger partial charge on any atom is 0.340 e. The quantitative estimate of drug-likeness (QED) is 0.424. The maximum atomic E-state index is 12.8. The molecule has 1 aromatic carbocycles. The molecule has 1 aliphatic rings. The lowest BCUT2D eigenvalue weighted by Gasteiger charge is -2.26. The van der Waals surface area contributed by atoms with Gasteiger partial charge in [0.25, 0.3) is 10.0 Å². The van der Waals surface area contributed by atoms with Gasteiger partial charge in [0.2, 0.25) is 0 Å². The zero-order valence-corrected chi connectivity index (χ0v) is 20.7. The van der Waals surface area contributed by atoms with E-state index in [-0.39, 0.29) is 33.3 Å². The molecule has 3 rings (SSSR count). The minimum atomic E-state index is -3.93. The summed E-state index contributed by atoms with van der Waals surface area (Å²) in [4.78, 5) is 36.9. The normalized spacial score (nSPS) is 16.0. The van der Waals surface area contributed by atoms with E-state index in [1.807, 2.05) is 0 Å². The molecule has 13 heteroatoms. The highest BCUT2D eigenvalue weighted by molar-refractivity contribution is 9.11. The molecule has 33 heavy (non-hydrogen) atoms. The number of para-hydroxylation sites is 1. The summed E-state index contributed by atoms with van der Waals surface area (Å²) in [6.45, 7) is 2.94. The molecule has 1 aromatic heterocycles.